The van der Waals surface area contributed by atoms with Crippen molar-refractivity contribution < 1.29 is 4.79 Å². The molecule has 0 spiro atoms. The van der Waals surface area contributed by atoms with Gasteiger partial charge in [0.15, 0.2) is 5.65 Å². The Labute approximate surface area is 301 Å². The number of carbonyl (C=O) groups is 1. The zero-order valence-electron chi connectivity index (χ0n) is 31.1. The van der Waals surface area contributed by atoms with Gasteiger partial charge in [0.05, 0.1) is 11.9 Å². The summed E-state index contributed by atoms with van der Waals surface area (Å²) >= 11 is 0. The van der Waals surface area contributed by atoms with Crippen molar-refractivity contribution in [3.63, 3.8) is 0 Å². The van der Waals surface area contributed by atoms with Gasteiger partial charge in [-0.2, -0.15) is 19.6 Å². The Hall–Kier alpha value is -4.87. The summed E-state index contributed by atoms with van der Waals surface area (Å²) in [5, 5.41) is 13.4. The SMILES string of the molecule is CCC1(CN(C)C)CCN(c2nc(NCc3ccccc3-c3nccc4cc(NC(=O)/C=C/CN(C)C)ccc34)n3ncc(C(C)C)c3n2)CC1. The molecule has 3 aromatic heterocycles. The van der Waals surface area contributed by atoms with Crippen molar-refractivity contribution in [3.8, 4) is 11.3 Å². The van der Waals surface area contributed by atoms with Gasteiger partial charge in [-0.3, -0.25) is 9.78 Å². The molecule has 1 aliphatic heterocycles. The summed E-state index contributed by atoms with van der Waals surface area (Å²) < 4.78 is 1.84. The standard InChI is InChI=1S/C40H52N10O/c1-8-40(27-48(6)7)18-22-49(23-19-40)39-45-37-34(28(2)3)26-43-50(37)38(46-39)42-25-30-12-9-10-13-32(30)36-33-16-15-31(24-29(33)17-20-41-36)44-35(51)14-11-21-47(4)5/h9-17,20,24,26,28H,8,18-19,21-23,25,27H2,1-7H3,(H,44,51)(H,42,45,46)/b14-11+. The fourth-order valence-corrected chi connectivity index (χ4v) is 7.13. The van der Waals surface area contributed by atoms with Crippen LogP contribution in [0.5, 0.6) is 0 Å². The number of pyridine rings is 1. The molecule has 0 unspecified atom stereocenters. The van der Waals surface area contributed by atoms with E-state index in [9.17, 15) is 4.79 Å². The Kier molecular flexibility index (Phi) is 11.0. The van der Waals surface area contributed by atoms with Crippen molar-refractivity contribution in [1.29, 1.82) is 0 Å². The molecule has 0 atom stereocenters. The normalized spacial score (nSPS) is 14.8. The fourth-order valence-electron chi connectivity index (χ4n) is 7.13. The lowest BCUT2D eigenvalue weighted by Crippen LogP contribution is -2.45. The van der Waals surface area contributed by atoms with Gasteiger partial charge in [0.25, 0.3) is 0 Å². The van der Waals surface area contributed by atoms with E-state index in [1.54, 1.807) is 6.08 Å². The van der Waals surface area contributed by atoms with Crippen LogP contribution in [0.25, 0.3) is 27.7 Å². The number of fused-ring (bicyclic) bond motifs is 2. The Morgan fingerprint density at radius 2 is 1.80 bits per heavy atom. The largest absolute Gasteiger partial charge is 0.350 e. The van der Waals surface area contributed by atoms with E-state index in [-0.39, 0.29) is 11.8 Å². The van der Waals surface area contributed by atoms with Gasteiger partial charge in [-0.1, -0.05) is 57.2 Å². The minimum Gasteiger partial charge on any atom is -0.350 e. The minimum atomic E-state index is -0.153. The Bertz CT molecular complexity index is 2010. The highest BCUT2D eigenvalue weighted by Gasteiger charge is 2.34. The second kappa shape index (κ2) is 15.6. The molecule has 2 aromatic carbocycles. The summed E-state index contributed by atoms with van der Waals surface area (Å²) in [4.78, 5) is 34.2. The maximum absolute atomic E-state index is 12.5. The number of carbonyl (C=O) groups excluding carboxylic acids is 1. The summed E-state index contributed by atoms with van der Waals surface area (Å²) in [6.07, 6.45) is 10.6. The third-order valence-electron chi connectivity index (χ3n) is 10.00. The van der Waals surface area contributed by atoms with Crippen molar-refractivity contribution in [2.75, 3.05) is 69.9 Å². The first-order valence-electron chi connectivity index (χ1n) is 18.0. The number of rotatable bonds is 13. The molecule has 1 aliphatic rings. The number of benzene rings is 2. The van der Waals surface area contributed by atoms with Crippen LogP contribution in [0.4, 0.5) is 17.6 Å². The van der Waals surface area contributed by atoms with Crippen LogP contribution in [0.2, 0.25) is 0 Å². The summed E-state index contributed by atoms with van der Waals surface area (Å²) in [7, 11) is 8.28. The summed E-state index contributed by atoms with van der Waals surface area (Å²) in [6, 6.07) is 16.3. The lowest BCUT2D eigenvalue weighted by molar-refractivity contribution is -0.111. The zero-order chi connectivity index (χ0) is 36.1. The van der Waals surface area contributed by atoms with Crippen molar-refractivity contribution in [3.05, 3.63) is 84.2 Å². The first-order valence-corrected chi connectivity index (χ1v) is 18.0. The molecule has 0 radical (unpaired) electrons. The van der Waals surface area contributed by atoms with Crippen LogP contribution in [0, 0.1) is 5.41 Å². The van der Waals surface area contributed by atoms with Crippen LogP contribution in [-0.2, 0) is 11.3 Å². The van der Waals surface area contributed by atoms with Gasteiger partial charge in [0.1, 0.15) is 0 Å². The van der Waals surface area contributed by atoms with Crippen LogP contribution < -0.4 is 15.5 Å². The third kappa shape index (κ3) is 8.21. The number of nitrogens with one attached hydrogen (secondary N) is 2. The number of likely N-dealkylation sites (N-methyl/N-ethyl adjacent to an activating group) is 1. The van der Waals surface area contributed by atoms with Gasteiger partial charge in [-0.05, 0) is 87.9 Å². The molecule has 0 saturated carbocycles. The Morgan fingerprint density at radius 3 is 2.53 bits per heavy atom. The van der Waals surface area contributed by atoms with Crippen molar-refractivity contribution >= 4 is 39.9 Å². The van der Waals surface area contributed by atoms with E-state index in [0.29, 0.717) is 24.5 Å². The molecule has 4 heterocycles. The molecule has 1 fully saturated rings. The molecular weight excluding hydrogens is 637 g/mol. The average molecular weight is 689 g/mol. The third-order valence-corrected chi connectivity index (χ3v) is 10.00. The van der Waals surface area contributed by atoms with Crippen LogP contribution in [0.15, 0.2) is 73.1 Å². The topological polar surface area (TPSA) is 107 Å². The molecule has 0 bridgehead atoms. The Balaban J connectivity index is 1.26. The van der Waals surface area contributed by atoms with E-state index < -0.39 is 0 Å². The first kappa shape index (κ1) is 35.9. The molecule has 1 amide bonds. The second-order valence-electron chi connectivity index (χ2n) is 14.7. The molecule has 268 valence electrons. The number of aromatic nitrogens is 5. The van der Waals surface area contributed by atoms with E-state index >= 15 is 0 Å². The van der Waals surface area contributed by atoms with E-state index in [2.05, 4.69) is 73.5 Å². The molecule has 51 heavy (non-hydrogen) atoms. The maximum atomic E-state index is 12.5. The smallest absolute Gasteiger partial charge is 0.248 e. The Morgan fingerprint density at radius 1 is 1.02 bits per heavy atom. The summed E-state index contributed by atoms with van der Waals surface area (Å²) in [6.45, 7) is 10.9. The molecule has 2 N–H and O–H groups in total. The zero-order valence-corrected chi connectivity index (χ0v) is 31.1. The van der Waals surface area contributed by atoms with Crippen LogP contribution >= 0.6 is 0 Å². The number of hydrogen-bond donors (Lipinski definition) is 2. The average Bonchev–Trinajstić information content (AvgIpc) is 3.55. The van der Waals surface area contributed by atoms with E-state index in [1.807, 2.05) is 72.3 Å². The van der Waals surface area contributed by atoms with Gasteiger partial charge in [0, 0.05) is 67.2 Å². The lowest BCUT2D eigenvalue weighted by atomic mass is 9.76. The number of anilines is 3. The number of amides is 1. The molecule has 11 nitrogen and oxygen atoms in total. The van der Waals surface area contributed by atoms with Crippen molar-refractivity contribution in [1.82, 2.24) is 34.4 Å². The van der Waals surface area contributed by atoms with Crippen LogP contribution in [-0.4, -0.2) is 94.6 Å². The lowest BCUT2D eigenvalue weighted by Gasteiger charge is -2.43. The predicted octanol–water partition coefficient (Wildman–Crippen LogP) is 6.69. The van der Waals surface area contributed by atoms with Crippen molar-refractivity contribution in [2.45, 2.75) is 52.5 Å². The van der Waals surface area contributed by atoms with Gasteiger partial charge in [-0.15, -0.1) is 0 Å². The second-order valence-corrected chi connectivity index (χ2v) is 14.7. The van der Waals surface area contributed by atoms with Gasteiger partial charge in [0.2, 0.25) is 17.8 Å². The minimum absolute atomic E-state index is 0.153. The predicted molar refractivity (Wildman–Crippen MR) is 208 cm³/mol. The molecule has 5 aromatic rings. The van der Waals surface area contributed by atoms with E-state index in [1.165, 1.54) is 6.42 Å². The summed E-state index contributed by atoms with van der Waals surface area (Å²) in [5.74, 6) is 1.55. The number of hydrogen-bond acceptors (Lipinski definition) is 9. The van der Waals surface area contributed by atoms with Crippen LogP contribution in [0.3, 0.4) is 0 Å². The van der Waals surface area contributed by atoms with Crippen LogP contribution in [0.1, 0.15) is 57.1 Å². The number of piperidine rings is 1. The molecule has 11 heteroatoms. The molecule has 0 aliphatic carbocycles. The fraction of sp³-hybridized carbons (Fsp3) is 0.425. The van der Waals surface area contributed by atoms with Crippen molar-refractivity contribution in [2.24, 2.45) is 5.41 Å². The maximum Gasteiger partial charge on any atom is 0.248 e. The van der Waals surface area contributed by atoms with E-state index in [0.717, 1.165) is 82.9 Å². The molecular formula is C40H52N10O. The van der Waals surface area contributed by atoms with Gasteiger partial charge < -0.3 is 25.3 Å². The first-order chi connectivity index (χ1) is 24.6. The van der Waals surface area contributed by atoms with Gasteiger partial charge in [-0.25, -0.2) is 0 Å². The number of nitrogens with zero attached hydrogens (tertiary/aromatic N) is 8. The van der Waals surface area contributed by atoms with E-state index in [4.69, 9.17) is 20.1 Å². The molecule has 1 saturated heterocycles. The highest BCUT2D eigenvalue weighted by molar-refractivity contribution is 6.02. The molecule has 6 rings (SSSR count). The monoisotopic (exact) mass is 688 g/mol. The highest BCUT2D eigenvalue weighted by atomic mass is 16.1. The quantitative estimate of drug-likeness (QED) is 0.131. The highest BCUT2D eigenvalue weighted by Crippen LogP contribution is 2.37. The van der Waals surface area contributed by atoms with Gasteiger partial charge >= 0.3 is 0 Å². The summed E-state index contributed by atoms with van der Waals surface area (Å²) in [5.41, 5.74) is 6.01.